The summed E-state index contributed by atoms with van der Waals surface area (Å²) in [5, 5.41) is 20.0. The van der Waals surface area contributed by atoms with Crippen molar-refractivity contribution < 1.29 is 15.0 Å². The minimum absolute atomic E-state index is 0.0671. The monoisotopic (exact) mass is 295 g/mol. The van der Waals surface area contributed by atoms with Crippen LogP contribution in [0.2, 0.25) is 0 Å². The molecule has 4 nitrogen and oxygen atoms in total. The number of nitrogens with zero attached hydrogens (tertiary/aromatic N) is 1. The van der Waals surface area contributed by atoms with E-state index in [4.69, 9.17) is 5.11 Å². The van der Waals surface area contributed by atoms with Gasteiger partial charge in [-0.2, -0.15) is 0 Å². The van der Waals surface area contributed by atoms with E-state index in [-0.39, 0.29) is 15.9 Å². The molecule has 5 heteroatoms. The maximum absolute atomic E-state index is 10.8. The zero-order valence-corrected chi connectivity index (χ0v) is 10.9. The molecule has 1 heterocycles. The van der Waals surface area contributed by atoms with Crippen LogP contribution in [0.5, 0.6) is 0 Å². The second-order valence-corrected chi connectivity index (χ2v) is 4.67. The lowest BCUT2D eigenvalue weighted by Crippen LogP contribution is -2.24. The largest absolute Gasteiger partial charge is 0.505 e. The number of hydrogen-bond acceptors (Lipinski definition) is 3. The SMILES string of the molecule is Cc1cc2c(cc1C)=C(O)C(=C(Br)C(=O)O)N=2. The topological polar surface area (TPSA) is 69.9 Å². The molecule has 1 aromatic rings. The number of benzene rings is 1. The van der Waals surface area contributed by atoms with Crippen LogP contribution in [0, 0.1) is 13.8 Å². The van der Waals surface area contributed by atoms with Gasteiger partial charge >= 0.3 is 5.97 Å². The number of fused-ring (bicyclic) bond motifs is 1. The second-order valence-electron chi connectivity index (χ2n) is 3.88. The van der Waals surface area contributed by atoms with Crippen LogP contribution < -0.4 is 10.6 Å². The summed E-state index contributed by atoms with van der Waals surface area (Å²) in [5.41, 5.74) is 2.14. The third-order valence-corrected chi connectivity index (χ3v) is 3.43. The third-order valence-electron chi connectivity index (χ3n) is 2.72. The van der Waals surface area contributed by atoms with Crippen molar-refractivity contribution in [3.05, 3.63) is 44.0 Å². The molecule has 0 amide bonds. The Kier molecular flexibility index (Phi) is 2.79. The highest BCUT2D eigenvalue weighted by atomic mass is 79.9. The van der Waals surface area contributed by atoms with Gasteiger partial charge in [-0.15, -0.1) is 0 Å². The molecule has 88 valence electrons. The molecule has 0 saturated heterocycles. The normalized spacial score (nSPS) is 16.5. The van der Waals surface area contributed by atoms with Gasteiger partial charge in [0.25, 0.3) is 0 Å². The number of carboxylic acids is 1. The number of aliphatic carboxylic acids is 1. The van der Waals surface area contributed by atoms with Crippen LogP contribution in [0.15, 0.2) is 27.3 Å². The summed E-state index contributed by atoms with van der Waals surface area (Å²) in [4.78, 5) is 14.9. The van der Waals surface area contributed by atoms with Gasteiger partial charge in [-0.3, -0.25) is 0 Å². The molecular formula is C12H10BrNO3. The van der Waals surface area contributed by atoms with Gasteiger partial charge < -0.3 is 10.2 Å². The molecule has 0 radical (unpaired) electrons. The van der Waals surface area contributed by atoms with Gasteiger partial charge in [0.15, 0.2) is 5.76 Å². The fraction of sp³-hybridized carbons (Fsp3) is 0.167. The number of aryl methyl sites for hydroxylation is 2. The van der Waals surface area contributed by atoms with E-state index in [9.17, 15) is 9.90 Å². The average Bonchev–Trinajstić information content (AvgIpc) is 2.56. The molecule has 0 saturated carbocycles. The zero-order valence-electron chi connectivity index (χ0n) is 9.28. The van der Waals surface area contributed by atoms with Gasteiger partial charge in [-0.25, -0.2) is 9.79 Å². The Balaban J connectivity index is 2.83. The molecule has 2 rings (SSSR count). The Morgan fingerprint density at radius 3 is 2.47 bits per heavy atom. The Morgan fingerprint density at radius 1 is 1.29 bits per heavy atom. The standard InChI is InChI=1S/C12H10BrNO3/c1-5-3-7-8(4-6(5)2)14-10(11(7)15)9(13)12(16)17/h3-4,15H,1-2H3,(H,16,17). The first-order valence-electron chi connectivity index (χ1n) is 4.94. The van der Waals surface area contributed by atoms with Crippen LogP contribution in [0.3, 0.4) is 0 Å². The van der Waals surface area contributed by atoms with Gasteiger partial charge in [0.05, 0.1) is 5.36 Å². The maximum atomic E-state index is 10.8. The van der Waals surface area contributed by atoms with E-state index in [1.165, 1.54) is 0 Å². The molecule has 1 aromatic carbocycles. The van der Waals surface area contributed by atoms with Crippen molar-refractivity contribution in [3.8, 4) is 0 Å². The Hall–Kier alpha value is -1.62. The second kappa shape index (κ2) is 4.00. The number of rotatable bonds is 1. The molecule has 0 atom stereocenters. The molecule has 0 bridgehead atoms. The zero-order chi connectivity index (χ0) is 12.7. The summed E-state index contributed by atoms with van der Waals surface area (Å²) >= 11 is 2.91. The van der Waals surface area contributed by atoms with Crippen molar-refractivity contribution >= 4 is 27.7 Å². The molecular weight excluding hydrogens is 286 g/mol. The van der Waals surface area contributed by atoms with Gasteiger partial charge in [-0.05, 0) is 53.0 Å². The lowest BCUT2D eigenvalue weighted by Gasteiger charge is -1.97. The summed E-state index contributed by atoms with van der Waals surface area (Å²) in [7, 11) is 0. The molecule has 0 aliphatic carbocycles. The highest BCUT2D eigenvalue weighted by molar-refractivity contribution is 9.12. The van der Waals surface area contributed by atoms with E-state index in [1.54, 1.807) is 6.07 Å². The number of hydrogen-bond donors (Lipinski definition) is 2. The highest BCUT2D eigenvalue weighted by Crippen LogP contribution is 2.21. The predicted octanol–water partition coefficient (Wildman–Crippen LogP) is 1.29. The van der Waals surface area contributed by atoms with Crippen molar-refractivity contribution in [1.82, 2.24) is 0 Å². The number of aliphatic hydroxyl groups excluding tert-OH is 1. The van der Waals surface area contributed by atoms with Crippen LogP contribution in [0.4, 0.5) is 0 Å². The molecule has 0 spiro atoms. The summed E-state index contributed by atoms with van der Waals surface area (Å²) in [6, 6.07) is 3.63. The van der Waals surface area contributed by atoms with E-state index in [0.717, 1.165) is 11.1 Å². The molecule has 0 unspecified atom stereocenters. The average molecular weight is 296 g/mol. The number of carboxylic acid groups (broad SMARTS) is 1. The summed E-state index contributed by atoms with van der Waals surface area (Å²) < 4.78 is -0.137. The van der Waals surface area contributed by atoms with E-state index in [2.05, 4.69) is 20.9 Å². The van der Waals surface area contributed by atoms with Gasteiger partial charge in [0, 0.05) is 5.22 Å². The van der Waals surface area contributed by atoms with Crippen molar-refractivity contribution in [1.29, 1.82) is 0 Å². The van der Waals surface area contributed by atoms with Crippen LogP contribution >= 0.6 is 15.9 Å². The molecule has 2 N–H and O–H groups in total. The number of aliphatic hydroxyl groups is 1. The fourth-order valence-electron chi connectivity index (χ4n) is 1.64. The minimum atomic E-state index is -1.16. The van der Waals surface area contributed by atoms with Crippen molar-refractivity contribution in [3.63, 3.8) is 0 Å². The molecule has 17 heavy (non-hydrogen) atoms. The smallest absolute Gasteiger partial charge is 0.345 e. The van der Waals surface area contributed by atoms with E-state index < -0.39 is 5.97 Å². The number of carbonyl (C=O) groups is 1. The molecule has 1 aliphatic rings. The predicted molar refractivity (Wildman–Crippen MR) is 66.3 cm³/mol. The summed E-state index contributed by atoms with van der Waals surface area (Å²) in [6.07, 6.45) is 0. The first kappa shape index (κ1) is 11.9. The van der Waals surface area contributed by atoms with Crippen LogP contribution in [-0.2, 0) is 4.79 Å². The lowest BCUT2D eigenvalue weighted by atomic mass is 10.1. The van der Waals surface area contributed by atoms with Crippen molar-refractivity contribution in [2.45, 2.75) is 13.8 Å². The van der Waals surface area contributed by atoms with Crippen molar-refractivity contribution in [2.75, 3.05) is 0 Å². The first-order valence-corrected chi connectivity index (χ1v) is 5.74. The van der Waals surface area contributed by atoms with Crippen LogP contribution in [-0.4, -0.2) is 16.2 Å². The molecule has 0 aromatic heterocycles. The fourth-order valence-corrected chi connectivity index (χ4v) is 1.91. The van der Waals surface area contributed by atoms with E-state index >= 15 is 0 Å². The highest BCUT2D eigenvalue weighted by Gasteiger charge is 2.19. The van der Waals surface area contributed by atoms with E-state index in [1.807, 2.05) is 19.9 Å². The Morgan fingerprint density at radius 2 is 1.88 bits per heavy atom. The minimum Gasteiger partial charge on any atom is -0.505 e. The lowest BCUT2D eigenvalue weighted by molar-refractivity contribution is -0.131. The van der Waals surface area contributed by atoms with Gasteiger partial charge in [0.2, 0.25) is 0 Å². The third kappa shape index (κ3) is 1.86. The van der Waals surface area contributed by atoms with Crippen molar-refractivity contribution in [2.24, 2.45) is 4.99 Å². The van der Waals surface area contributed by atoms with Crippen LogP contribution in [0.25, 0.3) is 5.76 Å². The Bertz CT molecular complexity index is 674. The molecule has 1 aliphatic heterocycles. The summed E-state index contributed by atoms with van der Waals surface area (Å²) in [5.74, 6) is -1.26. The van der Waals surface area contributed by atoms with Gasteiger partial charge in [0.1, 0.15) is 10.2 Å². The molecule has 0 fully saturated rings. The van der Waals surface area contributed by atoms with Gasteiger partial charge in [-0.1, -0.05) is 0 Å². The first-order chi connectivity index (χ1) is 7.91. The van der Waals surface area contributed by atoms with Crippen LogP contribution in [0.1, 0.15) is 11.1 Å². The maximum Gasteiger partial charge on any atom is 0.345 e. The Labute approximate surface area is 106 Å². The van der Waals surface area contributed by atoms with E-state index in [0.29, 0.717) is 10.6 Å². The summed E-state index contributed by atoms with van der Waals surface area (Å²) in [6.45, 7) is 3.87. The quantitative estimate of drug-likeness (QED) is 0.767. The number of halogens is 1.